The number of hydrogen-bond donors (Lipinski definition) is 2. The maximum absolute atomic E-state index is 12.5. The molecule has 0 unspecified atom stereocenters. The van der Waals surface area contributed by atoms with Gasteiger partial charge in [-0.3, -0.25) is 4.79 Å². The summed E-state index contributed by atoms with van der Waals surface area (Å²) in [6.45, 7) is 14.6. The maximum Gasteiger partial charge on any atom is 0.239 e. The largest absolute Gasteiger partial charge is 0.497 e. The summed E-state index contributed by atoms with van der Waals surface area (Å²) >= 11 is 1.46. The summed E-state index contributed by atoms with van der Waals surface area (Å²) in [4.78, 5) is 22.3. The molecule has 0 aliphatic heterocycles. The van der Waals surface area contributed by atoms with Gasteiger partial charge >= 0.3 is 0 Å². The van der Waals surface area contributed by atoms with E-state index < -0.39 is 0 Å². The molecule has 9 nitrogen and oxygen atoms in total. The standard InChI is InChI=1S/C25H39N7O2S/c1-8-31(9-2)16-10-15-26-20(33)17-30(6)24-29-32-22(28-25(3,4)5)21(27-23(32)35-24)18-11-13-19(34-7)14-12-18/h11-14,28H,8-10,15-17H2,1-7H3,(H,26,33). The molecule has 0 fully saturated rings. The normalized spacial score (nSPS) is 11.8. The highest BCUT2D eigenvalue weighted by atomic mass is 32.1. The number of hydrogen-bond acceptors (Lipinski definition) is 8. The Morgan fingerprint density at radius 3 is 2.46 bits per heavy atom. The third-order valence-corrected chi connectivity index (χ3v) is 6.65. The molecule has 0 saturated carbocycles. The lowest BCUT2D eigenvalue weighted by molar-refractivity contribution is -0.119. The first-order valence-electron chi connectivity index (χ1n) is 12.2. The fourth-order valence-electron chi connectivity index (χ4n) is 3.72. The summed E-state index contributed by atoms with van der Waals surface area (Å²) in [7, 11) is 3.54. The molecule has 0 spiro atoms. The Balaban J connectivity index is 1.73. The second-order valence-corrected chi connectivity index (χ2v) is 10.5. The zero-order valence-corrected chi connectivity index (χ0v) is 22.8. The van der Waals surface area contributed by atoms with Crippen LogP contribution in [0.1, 0.15) is 41.0 Å². The molecule has 0 atom stereocenters. The molecule has 0 bridgehead atoms. The number of aromatic nitrogens is 3. The van der Waals surface area contributed by atoms with Gasteiger partial charge in [0.05, 0.1) is 13.7 Å². The van der Waals surface area contributed by atoms with Crippen LogP contribution in [-0.2, 0) is 4.79 Å². The molecule has 192 valence electrons. The van der Waals surface area contributed by atoms with E-state index in [1.807, 2.05) is 40.7 Å². The number of methoxy groups -OCH3 is 1. The molecule has 2 aromatic heterocycles. The Morgan fingerprint density at radius 1 is 1.17 bits per heavy atom. The van der Waals surface area contributed by atoms with Crippen molar-refractivity contribution in [3.05, 3.63) is 24.3 Å². The van der Waals surface area contributed by atoms with Crippen LogP contribution in [0.3, 0.4) is 0 Å². The summed E-state index contributed by atoms with van der Waals surface area (Å²) in [6, 6.07) is 7.85. The molecular weight excluding hydrogens is 462 g/mol. The van der Waals surface area contributed by atoms with Gasteiger partial charge in [0.1, 0.15) is 11.4 Å². The van der Waals surface area contributed by atoms with Crippen molar-refractivity contribution in [2.24, 2.45) is 0 Å². The van der Waals surface area contributed by atoms with Crippen molar-refractivity contribution in [2.45, 2.75) is 46.6 Å². The molecule has 0 saturated heterocycles. The number of ether oxygens (including phenoxy) is 1. The molecule has 2 heterocycles. The van der Waals surface area contributed by atoms with E-state index in [4.69, 9.17) is 14.8 Å². The average Bonchev–Trinajstić information content (AvgIpc) is 3.38. The Morgan fingerprint density at radius 2 is 1.86 bits per heavy atom. The second-order valence-electron chi connectivity index (χ2n) is 9.58. The van der Waals surface area contributed by atoms with Crippen LogP contribution in [0.15, 0.2) is 24.3 Å². The number of rotatable bonds is 12. The van der Waals surface area contributed by atoms with Gasteiger partial charge in [0, 0.05) is 24.7 Å². The third-order valence-electron chi connectivity index (χ3n) is 5.62. The van der Waals surface area contributed by atoms with Crippen LogP contribution in [-0.4, -0.2) is 77.8 Å². The monoisotopic (exact) mass is 501 g/mol. The number of nitrogens with one attached hydrogen (secondary N) is 2. The maximum atomic E-state index is 12.5. The van der Waals surface area contributed by atoms with Gasteiger partial charge in [0.25, 0.3) is 0 Å². The SMILES string of the molecule is CCN(CC)CCCNC(=O)CN(C)c1nn2c(NC(C)(C)C)c(-c3ccc(OC)cc3)nc2s1. The molecule has 1 aromatic carbocycles. The molecule has 35 heavy (non-hydrogen) atoms. The summed E-state index contributed by atoms with van der Waals surface area (Å²) in [6.07, 6.45) is 0.943. The van der Waals surface area contributed by atoms with Gasteiger partial charge in [-0.15, -0.1) is 5.10 Å². The first-order valence-corrected chi connectivity index (χ1v) is 13.0. The van der Waals surface area contributed by atoms with Gasteiger partial charge in [-0.05, 0) is 71.1 Å². The van der Waals surface area contributed by atoms with E-state index in [9.17, 15) is 4.79 Å². The van der Waals surface area contributed by atoms with Crippen molar-refractivity contribution in [1.29, 1.82) is 0 Å². The zero-order chi connectivity index (χ0) is 25.6. The Kier molecular flexibility index (Phi) is 8.96. The van der Waals surface area contributed by atoms with Crippen molar-refractivity contribution in [3.8, 4) is 17.0 Å². The fraction of sp³-hybridized carbons (Fsp3) is 0.560. The predicted octanol–water partition coefficient (Wildman–Crippen LogP) is 3.96. The van der Waals surface area contributed by atoms with Crippen LogP contribution in [0.4, 0.5) is 10.9 Å². The van der Waals surface area contributed by atoms with Crippen LogP contribution in [0, 0.1) is 0 Å². The quantitative estimate of drug-likeness (QED) is 0.363. The zero-order valence-electron chi connectivity index (χ0n) is 22.0. The van der Waals surface area contributed by atoms with E-state index in [-0.39, 0.29) is 18.0 Å². The van der Waals surface area contributed by atoms with Crippen LogP contribution in [0.2, 0.25) is 0 Å². The highest BCUT2D eigenvalue weighted by molar-refractivity contribution is 7.20. The number of carbonyl (C=O) groups is 1. The van der Waals surface area contributed by atoms with E-state index in [1.165, 1.54) is 11.3 Å². The molecule has 10 heteroatoms. The molecule has 2 N–H and O–H groups in total. The van der Waals surface area contributed by atoms with E-state index >= 15 is 0 Å². The van der Waals surface area contributed by atoms with E-state index in [1.54, 1.807) is 7.11 Å². The van der Waals surface area contributed by atoms with Crippen molar-refractivity contribution in [3.63, 3.8) is 0 Å². The molecular formula is C25H39N7O2S. The Bertz CT molecular complexity index is 1100. The summed E-state index contributed by atoms with van der Waals surface area (Å²) < 4.78 is 7.13. The van der Waals surface area contributed by atoms with Crippen molar-refractivity contribution in [1.82, 2.24) is 24.8 Å². The number of likely N-dealkylation sites (N-methyl/N-ethyl adjacent to an activating group) is 1. The smallest absolute Gasteiger partial charge is 0.239 e. The summed E-state index contributed by atoms with van der Waals surface area (Å²) in [5.74, 6) is 1.62. The number of carbonyl (C=O) groups excluding carboxylic acids is 1. The van der Waals surface area contributed by atoms with Crippen LogP contribution in [0.5, 0.6) is 5.75 Å². The van der Waals surface area contributed by atoms with Gasteiger partial charge in [-0.2, -0.15) is 4.52 Å². The van der Waals surface area contributed by atoms with Crippen LogP contribution >= 0.6 is 11.3 Å². The number of nitrogens with zero attached hydrogens (tertiary/aromatic N) is 5. The fourth-order valence-corrected chi connectivity index (χ4v) is 4.58. The number of imidazole rings is 1. The highest BCUT2D eigenvalue weighted by Crippen LogP contribution is 2.35. The third kappa shape index (κ3) is 7.08. The lowest BCUT2D eigenvalue weighted by Gasteiger charge is -2.22. The topological polar surface area (TPSA) is 87.0 Å². The predicted molar refractivity (Wildman–Crippen MR) is 145 cm³/mol. The number of amides is 1. The lowest BCUT2D eigenvalue weighted by Crippen LogP contribution is -2.36. The van der Waals surface area contributed by atoms with Gasteiger partial charge in [0.15, 0.2) is 5.82 Å². The minimum absolute atomic E-state index is 0.00755. The van der Waals surface area contributed by atoms with Gasteiger partial charge in [0.2, 0.25) is 16.0 Å². The molecule has 0 aliphatic rings. The summed E-state index contributed by atoms with van der Waals surface area (Å²) in [5, 5.41) is 12.1. The highest BCUT2D eigenvalue weighted by Gasteiger charge is 2.23. The summed E-state index contributed by atoms with van der Waals surface area (Å²) in [5.41, 5.74) is 1.63. The average molecular weight is 502 g/mol. The van der Waals surface area contributed by atoms with Gasteiger partial charge in [-0.1, -0.05) is 25.2 Å². The number of benzene rings is 1. The van der Waals surface area contributed by atoms with Crippen LogP contribution in [0.25, 0.3) is 16.2 Å². The van der Waals surface area contributed by atoms with E-state index in [2.05, 4.69) is 50.2 Å². The van der Waals surface area contributed by atoms with Gasteiger partial charge in [-0.25, -0.2) is 4.98 Å². The molecule has 3 aromatic rings. The van der Waals surface area contributed by atoms with E-state index in [0.29, 0.717) is 6.54 Å². The van der Waals surface area contributed by atoms with Crippen molar-refractivity contribution >= 4 is 33.2 Å². The molecule has 1 amide bonds. The Labute approximate surface area is 212 Å². The minimum atomic E-state index is -0.183. The molecule has 0 aliphatic carbocycles. The Hall–Kier alpha value is -2.85. The van der Waals surface area contributed by atoms with Gasteiger partial charge < -0.3 is 25.2 Å². The second kappa shape index (κ2) is 11.7. The lowest BCUT2D eigenvalue weighted by atomic mass is 10.1. The molecule has 3 rings (SSSR count). The van der Waals surface area contributed by atoms with Crippen molar-refractivity contribution < 1.29 is 9.53 Å². The number of fused-ring (bicyclic) bond motifs is 1. The first kappa shape index (κ1) is 26.7. The number of anilines is 2. The van der Waals surface area contributed by atoms with Crippen LogP contribution < -0.4 is 20.3 Å². The minimum Gasteiger partial charge on any atom is -0.497 e. The van der Waals surface area contributed by atoms with Crippen molar-refractivity contribution in [2.75, 3.05) is 57.1 Å². The molecule has 0 radical (unpaired) electrons. The van der Waals surface area contributed by atoms with E-state index in [0.717, 1.165) is 59.0 Å². The first-order chi connectivity index (χ1) is 16.6.